The molecule has 0 aliphatic carbocycles. The van der Waals surface area contributed by atoms with Gasteiger partial charge in [-0.1, -0.05) is 23.2 Å². The number of nitriles is 1. The molecule has 8 nitrogen and oxygen atoms in total. The van der Waals surface area contributed by atoms with Crippen LogP contribution in [0.25, 0.3) is 0 Å². The van der Waals surface area contributed by atoms with Crippen LogP contribution in [0.2, 0.25) is 10.0 Å². The zero-order valence-corrected chi connectivity index (χ0v) is 17.2. The molecule has 0 saturated carbocycles. The van der Waals surface area contributed by atoms with Crippen molar-refractivity contribution in [3.8, 4) is 29.1 Å². The fourth-order valence-electron chi connectivity index (χ4n) is 1.99. The van der Waals surface area contributed by atoms with Crippen molar-refractivity contribution in [1.82, 2.24) is 0 Å². The van der Waals surface area contributed by atoms with Crippen molar-refractivity contribution in [2.75, 3.05) is 28.4 Å². The molecule has 0 atom stereocenters. The van der Waals surface area contributed by atoms with Gasteiger partial charge in [0, 0.05) is 11.6 Å². The predicted molar refractivity (Wildman–Crippen MR) is 105 cm³/mol. The van der Waals surface area contributed by atoms with Crippen LogP contribution >= 0.6 is 23.2 Å². The van der Waals surface area contributed by atoms with Crippen LogP contribution in [-0.2, 0) is 0 Å². The first-order valence-electron chi connectivity index (χ1n) is 7.39. The van der Waals surface area contributed by atoms with Crippen LogP contribution in [0.1, 0.15) is 15.9 Å². The summed E-state index contributed by atoms with van der Waals surface area (Å²) in [5, 5.41) is 15.9. The number of aldehydes is 1. The van der Waals surface area contributed by atoms with Gasteiger partial charge in [-0.25, -0.2) is 5.90 Å². The fourth-order valence-corrected chi connectivity index (χ4v) is 2.57. The van der Waals surface area contributed by atoms with Crippen LogP contribution < -0.4 is 24.8 Å². The third-order valence-electron chi connectivity index (χ3n) is 3.15. The molecule has 0 saturated heterocycles. The number of carbonyl (C=O) groups excluding carboxylic acids is 1. The van der Waals surface area contributed by atoms with E-state index in [-0.39, 0.29) is 0 Å². The molecule has 2 rings (SSSR count). The first-order chi connectivity index (χ1) is 13.4. The number of nitrogens with two attached hydrogens (primary N) is 1. The average molecular weight is 431 g/mol. The number of methoxy groups -OCH3 is 4. The highest BCUT2D eigenvalue weighted by Gasteiger charge is 2.10. The summed E-state index contributed by atoms with van der Waals surface area (Å²) in [6.07, 6.45) is 0.702. The SMILES string of the molecule is COc1cc(C#N)cc(Cl)c1OC.COc1cc(C=O)cc(Cl)c1OC.NO. The Kier molecular flexibility index (Phi) is 12.2. The van der Waals surface area contributed by atoms with E-state index in [0.717, 1.165) is 0 Å². The fraction of sp³-hybridized carbons (Fsp3) is 0.222. The number of hydrogen-bond donors (Lipinski definition) is 2. The van der Waals surface area contributed by atoms with Crippen molar-refractivity contribution < 1.29 is 28.9 Å². The van der Waals surface area contributed by atoms with Gasteiger partial charge in [0.2, 0.25) is 0 Å². The zero-order chi connectivity index (χ0) is 21.7. The van der Waals surface area contributed by atoms with E-state index in [9.17, 15) is 4.79 Å². The molecule has 0 fully saturated rings. The zero-order valence-electron chi connectivity index (χ0n) is 15.7. The van der Waals surface area contributed by atoms with Crippen molar-refractivity contribution in [1.29, 1.82) is 5.26 Å². The third kappa shape index (κ3) is 6.79. The lowest BCUT2D eigenvalue weighted by atomic mass is 10.2. The van der Waals surface area contributed by atoms with Crippen molar-refractivity contribution in [3.63, 3.8) is 0 Å². The lowest BCUT2D eigenvalue weighted by molar-refractivity contribution is 0.112. The summed E-state index contributed by atoms with van der Waals surface area (Å²) in [4.78, 5) is 10.5. The van der Waals surface area contributed by atoms with Crippen molar-refractivity contribution in [3.05, 3.63) is 45.4 Å². The quantitative estimate of drug-likeness (QED) is 0.542. The van der Waals surface area contributed by atoms with E-state index in [4.69, 9.17) is 52.6 Å². The highest BCUT2D eigenvalue weighted by molar-refractivity contribution is 6.32. The third-order valence-corrected chi connectivity index (χ3v) is 3.72. The summed E-state index contributed by atoms with van der Waals surface area (Å²) >= 11 is 11.7. The summed E-state index contributed by atoms with van der Waals surface area (Å²) in [5.74, 6) is 5.31. The van der Waals surface area contributed by atoms with E-state index in [2.05, 4.69) is 5.90 Å². The molecule has 2 aromatic carbocycles. The van der Waals surface area contributed by atoms with Crippen molar-refractivity contribution in [2.24, 2.45) is 5.90 Å². The first kappa shape index (κ1) is 25.3. The Bertz CT molecular complexity index is 825. The van der Waals surface area contributed by atoms with E-state index in [0.29, 0.717) is 50.5 Å². The second-order valence-electron chi connectivity index (χ2n) is 4.66. The highest BCUT2D eigenvalue weighted by Crippen LogP contribution is 2.36. The molecule has 0 aliphatic rings. The summed E-state index contributed by atoms with van der Waals surface area (Å²) < 4.78 is 20.0. The molecule has 3 N–H and O–H groups in total. The Hall–Kier alpha value is -2.70. The van der Waals surface area contributed by atoms with Crippen molar-refractivity contribution in [2.45, 2.75) is 0 Å². The molecule has 0 radical (unpaired) electrons. The van der Waals surface area contributed by atoms with Gasteiger partial charge in [-0.2, -0.15) is 5.26 Å². The number of benzene rings is 2. The molecule has 0 aromatic heterocycles. The van der Waals surface area contributed by atoms with Crippen LogP contribution in [0.4, 0.5) is 0 Å². The van der Waals surface area contributed by atoms with E-state index >= 15 is 0 Å². The van der Waals surface area contributed by atoms with Crippen LogP contribution in [0.3, 0.4) is 0 Å². The Morgan fingerprint density at radius 2 is 1.36 bits per heavy atom. The highest BCUT2D eigenvalue weighted by atomic mass is 35.5. The summed E-state index contributed by atoms with van der Waals surface area (Å²) in [5.41, 5.74) is 0.908. The number of carbonyl (C=O) groups is 1. The Labute approximate surface area is 172 Å². The van der Waals surface area contributed by atoms with E-state index in [1.165, 1.54) is 40.6 Å². The molecule has 0 aliphatic heterocycles. The molecule has 0 bridgehead atoms. The monoisotopic (exact) mass is 430 g/mol. The van der Waals surface area contributed by atoms with E-state index in [1.54, 1.807) is 12.1 Å². The number of hydrogen-bond acceptors (Lipinski definition) is 8. The summed E-state index contributed by atoms with van der Waals surface area (Å²) in [7, 11) is 5.97. The Balaban J connectivity index is 0.000000478. The van der Waals surface area contributed by atoms with Gasteiger partial charge in [0.15, 0.2) is 23.0 Å². The Morgan fingerprint density at radius 3 is 1.75 bits per heavy atom. The number of nitrogens with zero attached hydrogens (tertiary/aromatic N) is 1. The van der Waals surface area contributed by atoms with Gasteiger partial charge in [0.1, 0.15) is 6.29 Å². The smallest absolute Gasteiger partial charge is 0.179 e. The second kappa shape index (κ2) is 13.5. The largest absolute Gasteiger partial charge is 0.493 e. The molecule has 10 heteroatoms. The van der Waals surface area contributed by atoms with Gasteiger partial charge < -0.3 is 24.2 Å². The van der Waals surface area contributed by atoms with Gasteiger partial charge in [0.25, 0.3) is 0 Å². The minimum atomic E-state index is 0.365. The van der Waals surface area contributed by atoms with Gasteiger partial charge in [-0.15, -0.1) is 0 Å². The standard InChI is InChI=1S/C9H8ClNO2.C9H9ClO3.H3NO/c2*1-12-8-4-6(5-11)3-7(10)9(8)13-2;1-2/h3-4H,1-2H3;3-5H,1-2H3;2H,1H2. The summed E-state index contributed by atoms with van der Waals surface area (Å²) in [6.45, 7) is 0. The molecule has 0 heterocycles. The molecule has 0 amide bonds. The van der Waals surface area contributed by atoms with Crippen LogP contribution in [0.5, 0.6) is 23.0 Å². The van der Waals surface area contributed by atoms with Crippen LogP contribution in [0, 0.1) is 11.3 Å². The maximum atomic E-state index is 10.5. The maximum absolute atomic E-state index is 10.5. The molecule has 28 heavy (non-hydrogen) atoms. The van der Waals surface area contributed by atoms with Crippen LogP contribution in [-0.4, -0.2) is 39.9 Å². The molecule has 152 valence electrons. The van der Waals surface area contributed by atoms with Gasteiger partial charge in [-0.05, 0) is 18.2 Å². The minimum Gasteiger partial charge on any atom is -0.493 e. The number of rotatable bonds is 5. The van der Waals surface area contributed by atoms with Gasteiger partial charge in [-0.3, -0.25) is 4.79 Å². The molecular weight excluding hydrogens is 411 g/mol. The molecule has 0 spiro atoms. The van der Waals surface area contributed by atoms with E-state index in [1.807, 2.05) is 6.07 Å². The minimum absolute atomic E-state index is 0.365. The van der Waals surface area contributed by atoms with E-state index < -0.39 is 0 Å². The molecule has 2 aromatic rings. The molecule has 0 unspecified atom stereocenters. The average Bonchev–Trinajstić information content (AvgIpc) is 2.74. The lowest BCUT2D eigenvalue weighted by Gasteiger charge is -2.09. The topological polar surface area (TPSA) is 124 Å². The lowest BCUT2D eigenvalue weighted by Crippen LogP contribution is -1.93. The predicted octanol–water partition coefficient (Wildman–Crippen LogP) is 3.73. The first-order valence-corrected chi connectivity index (χ1v) is 8.15. The van der Waals surface area contributed by atoms with Gasteiger partial charge >= 0.3 is 0 Å². The van der Waals surface area contributed by atoms with Crippen LogP contribution in [0.15, 0.2) is 24.3 Å². The van der Waals surface area contributed by atoms with Gasteiger partial charge in [0.05, 0.1) is 50.1 Å². The number of ether oxygens (including phenoxy) is 4. The maximum Gasteiger partial charge on any atom is 0.179 e. The number of halogens is 2. The summed E-state index contributed by atoms with van der Waals surface area (Å²) in [6, 6.07) is 8.17. The second-order valence-corrected chi connectivity index (χ2v) is 5.48. The van der Waals surface area contributed by atoms with Crippen molar-refractivity contribution >= 4 is 29.5 Å². The Morgan fingerprint density at radius 1 is 0.893 bits per heavy atom. The molecular formula is C18H20Cl2N2O6. The normalized spacial score (nSPS) is 8.82.